The molecule has 0 aromatic carbocycles. The average molecular weight is 234 g/mol. The molecule has 84 valence electrons. The van der Waals surface area contributed by atoms with Gasteiger partial charge >= 0.3 is 0 Å². The molecule has 4 nitrogen and oxygen atoms in total. The van der Waals surface area contributed by atoms with Gasteiger partial charge in [0.2, 0.25) is 0 Å². The van der Waals surface area contributed by atoms with Crippen LogP contribution in [0.25, 0.3) is 0 Å². The van der Waals surface area contributed by atoms with Gasteiger partial charge in [-0.3, -0.25) is 4.68 Å². The lowest BCUT2D eigenvalue weighted by Crippen LogP contribution is -2.30. The van der Waals surface area contributed by atoms with Gasteiger partial charge in [0.15, 0.2) is 5.82 Å². The third kappa shape index (κ3) is 1.48. The highest BCUT2D eigenvalue weighted by molar-refractivity contribution is 7.10. The van der Waals surface area contributed by atoms with Crippen molar-refractivity contribution in [3.05, 3.63) is 28.1 Å². The molecule has 0 radical (unpaired) electrons. The Bertz CT molecular complexity index is 514. The lowest BCUT2D eigenvalue weighted by atomic mass is 10.1. The van der Waals surface area contributed by atoms with Gasteiger partial charge < -0.3 is 10.6 Å². The van der Waals surface area contributed by atoms with Gasteiger partial charge in [0.25, 0.3) is 0 Å². The summed E-state index contributed by atoms with van der Waals surface area (Å²) in [5.41, 5.74) is 8.13. The molecule has 3 heterocycles. The molecule has 5 heteroatoms. The largest absolute Gasteiger partial charge is 0.394 e. The summed E-state index contributed by atoms with van der Waals surface area (Å²) in [6.45, 7) is 1.94. The molecule has 0 fully saturated rings. The molecule has 0 aliphatic carbocycles. The summed E-state index contributed by atoms with van der Waals surface area (Å²) in [5.74, 6) is 0.916. The summed E-state index contributed by atoms with van der Waals surface area (Å²) in [6.07, 6.45) is 2.96. The molecular weight excluding hydrogens is 220 g/mol. The Morgan fingerprint density at radius 3 is 3.12 bits per heavy atom. The van der Waals surface area contributed by atoms with E-state index in [9.17, 15) is 0 Å². The fraction of sp³-hybridized carbons (Fsp3) is 0.364. The van der Waals surface area contributed by atoms with Crippen molar-refractivity contribution >= 4 is 22.8 Å². The smallest absolute Gasteiger partial charge is 0.174 e. The van der Waals surface area contributed by atoms with Crippen LogP contribution in [0.1, 0.15) is 10.4 Å². The number of hydrogen-bond acceptors (Lipinski definition) is 4. The molecular formula is C11H14N4S. The van der Waals surface area contributed by atoms with Crippen molar-refractivity contribution in [3.63, 3.8) is 0 Å². The van der Waals surface area contributed by atoms with E-state index in [1.54, 1.807) is 4.68 Å². The molecule has 0 amide bonds. The second-order valence-electron chi connectivity index (χ2n) is 4.12. The number of thiophene rings is 1. The van der Waals surface area contributed by atoms with Crippen LogP contribution in [0.3, 0.4) is 0 Å². The highest BCUT2D eigenvalue weighted by Crippen LogP contribution is 2.29. The first kappa shape index (κ1) is 9.72. The molecule has 2 aromatic rings. The normalized spacial score (nSPS) is 15.2. The van der Waals surface area contributed by atoms with E-state index in [1.807, 2.05) is 24.6 Å². The predicted molar refractivity (Wildman–Crippen MR) is 66.7 cm³/mol. The van der Waals surface area contributed by atoms with E-state index < -0.39 is 0 Å². The summed E-state index contributed by atoms with van der Waals surface area (Å²) in [7, 11) is 1.90. The van der Waals surface area contributed by atoms with Gasteiger partial charge in [0.05, 0.1) is 5.69 Å². The van der Waals surface area contributed by atoms with Gasteiger partial charge in [-0.25, -0.2) is 0 Å². The minimum atomic E-state index is 0.765. The molecule has 1 aliphatic rings. The van der Waals surface area contributed by atoms with Crippen molar-refractivity contribution in [2.75, 3.05) is 17.2 Å². The first-order valence-electron chi connectivity index (χ1n) is 5.33. The van der Waals surface area contributed by atoms with Crippen LogP contribution in [0, 0.1) is 0 Å². The number of nitrogen functional groups attached to an aromatic ring is 1. The number of hydrogen-bond donors (Lipinski definition) is 1. The summed E-state index contributed by atoms with van der Waals surface area (Å²) in [5, 5.41) is 6.57. The van der Waals surface area contributed by atoms with Gasteiger partial charge in [-0.15, -0.1) is 11.3 Å². The Morgan fingerprint density at radius 1 is 1.50 bits per heavy atom. The molecule has 0 spiro atoms. The van der Waals surface area contributed by atoms with E-state index in [2.05, 4.69) is 21.4 Å². The van der Waals surface area contributed by atoms with Crippen LogP contribution in [0.2, 0.25) is 0 Å². The minimum Gasteiger partial charge on any atom is -0.394 e. The monoisotopic (exact) mass is 234 g/mol. The van der Waals surface area contributed by atoms with Crippen molar-refractivity contribution in [1.29, 1.82) is 0 Å². The maximum atomic E-state index is 5.95. The van der Waals surface area contributed by atoms with Crippen molar-refractivity contribution in [1.82, 2.24) is 9.78 Å². The number of aryl methyl sites for hydroxylation is 1. The molecule has 3 rings (SSSR count). The van der Waals surface area contributed by atoms with Crippen LogP contribution >= 0.6 is 11.3 Å². The lowest BCUT2D eigenvalue weighted by Gasteiger charge is -2.27. The van der Waals surface area contributed by atoms with E-state index >= 15 is 0 Å². The van der Waals surface area contributed by atoms with Crippen LogP contribution in [0.4, 0.5) is 11.5 Å². The van der Waals surface area contributed by atoms with E-state index in [1.165, 1.54) is 10.4 Å². The molecule has 2 aromatic heterocycles. The number of fused-ring (bicyclic) bond motifs is 1. The third-order valence-corrected chi connectivity index (χ3v) is 3.97. The number of nitrogens with zero attached hydrogens (tertiary/aromatic N) is 3. The summed E-state index contributed by atoms with van der Waals surface area (Å²) < 4.78 is 1.77. The van der Waals surface area contributed by atoms with Crippen molar-refractivity contribution < 1.29 is 0 Å². The maximum Gasteiger partial charge on any atom is 0.174 e. The van der Waals surface area contributed by atoms with Crippen LogP contribution in [0.15, 0.2) is 17.6 Å². The standard InChI is InChI=1S/C11H14N4S/c1-14-7-9(12)11(13-14)15-4-2-10-8(6-15)3-5-16-10/h3,5,7H,2,4,6,12H2,1H3. The summed E-state index contributed by atoms with van der Waals surface area (Å²) in [6, 6.07) is 2.20. The first-order valence-corrected chi connectivity index (χ1v) is 6.21. The highest BCUT2D eigenvalue weighted by Gasteiger charge is 2.20. The zero-order valence-electron chi connectivity index (χ0n) is 9.18. The number of nitrogens with two attached hydrogens (primary N) is 1. The van der Waals surface area contributed by atoms with Crippen molar-refractivity contribution in [2.45, 2.75) is 13.0 Å². The Morgan fingerprint density at radius 2 is 2.38 bits per heavy atom. The molecule has 0 unspecified atom stereocenters. The average Bonchev–Trinajstić information content (AvgIpc) is 2.83. The Kier molecular flexibility index (Phi) is 2.14. The minimum absolute atomic E-state index is 0.765. The zero-order valence-corrected chi connectivity index (χ0v) is 10.00. The summed E-state index contributed by atoms with van der Waals surface area (Å²) >= 11 is 1.85. The Hall–Kier alpha value is -1.49. The van der Waals surface area contributed by atoms with Gasteiger partial charge in [-0.1, -0.05) is 0 Å². The molecule has 0 bridgehead atoms. The molecule has 16 heavy (non-hydrogen) atoms. The van der Waals surface area contributed by atoms with Crippen molar-refractivity contribution in [2.24, 2.45) is 7.05 Å². The topological polar surface area (TPSA) is 47.1 Å². The first-order chi connectivity index (χ1) is 7.74. The van der Waals surface area contributed by atoms with E-state index in [-0.39, 0.29) is 0 Å². The van der Waals surface area contributed by atoms with Crippen LogP contribution < -0.4 is 10.6 Å². The zero-order chi connectivity index (χ0) is 11.1. The summed E-state index contributed by atoms with van der Waals surface area (Å²) in [4.78, 5) is 3.76. The van der Waals surface area contributed by atoms with E-state index in [0.717, 1.165) is 31.0 Å². The predicted octanol–water partition coefficient (Wildman–Crippen LogP) is 1.63. The Balaban J connectivity index is 1.91. The van der Waals surface area contributed by atoms with E-state index in [0.29, 0.717) is 0 Å². The van der Waals surface area contributed by atoms with Gasteiger partial charge in [-0.2, -0.15) is 5.10 Å². The second-order valence-corrected chi connectivity index (χ2v) is 5.12. The molecule has 0 saturated heterocycles. The second kappa shape index (κ2) is 3.52. The number of aromatic nitrogens is 2. The third-order valence-electron chi connectivity index (χ3n) is 2.94. The fourth-order valence-electron chi connectivity index (χ4n) is 2.17. The molecule has 1 aliphatic heterocycles. The number of rotatable bonds is 1. The van der Waals surface area contributed by atoms with E-state index in [4.69, 9.17) is 5.73 Å². The SMILES string of the molecule is Cn1cc(N)c(N2CCc3sccc3C2)n1. The Labute approximate surface area is 98.3 Å². The van der Waals surface area contributed by atoms with Crippen LogP contribution in [-0.4, -0.2) is 16.3 Å². The quantitative estimate of drug-likeness (QED) is 0.815. The van der Waals surface area contributed by atoms with Crippen molar-refractivity contribution in [3.8, 4) is 0 Å². The van der Waals surface area contributed by atoms with Gasteiger partial charge in [0, 0.05) is 31.2 Å². The maximum absolute atomic E-state index is 5.95. The number of anilines is 2. The lowest BCUT2D eigenvalue weighted by molar-refractivity contribution is 0.702. The van der Waals surface area contributed by atoms with Gasteiger partial charge in [-0.05, 0) is 23.4 Å². The molecule has 2 N–H and O–H groups in total. The molecule has 0 saturated carbocycles. The highest BCUT2D eigenvalue weighted by atomic mass is 32.1. The molecule has 0 atom stereocenters. The fourth-order valence-corrected chi connectivity index (χ4v) is 3.06. The van der Waals surface area contributed by atoms with Gasteiger partial charge in [0.1, 0.15) is 0 Å². The van der Waals surface area contributed by atoms with Crippen LogP contribution in [0.5, 0.6) is 0 Å². The van der Waals surface area contributed by atoms with Crippen LogP contribution in [-0.2, 0) is 20.0 Å².